The van der Waals surface area contributed by atoms with E-state index in [1.54, 1.807) is 12.1 Å². The molecule has 2 rings (SSSR count). The van der Waals surface area contributed by atoms with E-state index in [-0.39, 0.29) is 5.56 Å². The molecule has 0 atom stereocenters. The van der Waals surface area contributed by atoms with Crippen LogP contribution in [0.15, 0.2) is 43.0 Å². The molecule has 1 aromatic carbocycles. The molecule has 0 radical (unpaired) electrons. The summed E-state index contributed by atoms with van der Waals surface area (Å²) in [5.74, 6) is -1.10. The summed E-state index contributed by atoms with van der Waals surface area (Å²) in [6.45, 7) is 0. The number of benzene rings is 1. The fourth-order valence-corrected chi connectivity index (χ4v) is 1.30. The Morgan fingerprint density at radius 1 is 1.22 bits per heavy atom. The lowest BCUT2D eigenvalue weighted by atomic mass is 10.1. The first-order valence-electron chi connectivity index (χ1n) is 5.09. The standard InChI is InChI=1S/C12H10N2O4/c1-17-10-4-2-9(3-5-10)11(15)12(16)18-14-7-6-13-8-14/h2-8H,1H3. The van der Waals surface area contributed by atoms with Crippen molar-refractivity contribution in [1.82, 2.24) is 9.71 Å². The molecule has 0 spiro atoms. The van der Waals surface area contributed by atoms with Crippen LogP contribution in [0.3, 0.4) is 0 Å². The monoisotopic (exact) mass is 246 g/mol. The highest BCUT2D eigenvalue weighted by Crippen LogP contribution is 2.11. The number of imidazole rings is 1. The van der Waals surface area contributed by atoms with Crippen LogP contribution in [0, 0.1) is 0 Å². The maximum atomic E-state index is 11.7. The van der Waals surface area contributed by atoms with Crippen LogP contribution in [0.2, 0.25) is 0 Å². The molecule has 6 nitrogen and oxygen atoms in total. The summed E-state index contributed by atoms with van der Waals surface area (Å²) in [6, 6.07) is 6.18. The zero-order chi connectivity index (χ0) is 13.0. The third-order valence-electron chi connectivity index (χ3n) is 2.21. The van der Waals surface area contributed by atoms with Gasteiger partial charge < -0.3 is 9.57 Å². The van der Waals surface area contributed by atoms with E-state index in [2.05, 4.69) is 4.98 Å². The fourth-order valence-electron chi connectivity index (χ4n) is 1.30. The van der Waals surface area contributed by atoms with Crippen LogP contribution in [0.4, 0.5) is 0 Å². The van der Waals surface area contributed by atoms with Crippen molar-refractivity contribution in [3.05, 3.63) is 48.5 Å². The van der Waals surface area contributed by atoms with E-state index in [1.807, 2.05) is 0 Å². The van der Waals surface area contributed by atoms with Crippen LogP contribution in [0.1, 0.15) is 10.4 Å². The van der Waals surface area contributed by atoms with Crippen molar-refractivity contribution in [3.8, 4) is 5.75 Å². The Morgan fingerprint density at radius 3 is 2.50 bits per heavy atom. The van der Waals surface area contributed by atoms with Gasteiger partial charge in [-0.2, -0.15) is 4.73 Å². The average Bonchev–Trinajstić information content (AvgIpc) is 2.91. The number of hydrogen-bond donors (Lipinski definition) is 0. The zero-order valence-electron chi connectivity index (χ0n) is 9.57. The molecule has 6 heteroatoms. The number of nitrogens with zero attached hydrogens (tertiary/aromatic N) is 2. The molecule has 0 fully saturated rings. The van der Waals surface area contributed by atoms with E-state index in [4.69, 9.17) is 9.57 Å². The van der Waals surface area contributed by atoms with Gasteiger partial charge in [-0.25, -0.2) is 9.78 Å². The SMILES string of the molecule is COc1ccc(C(=O)C(=O)On2ccnc2)cc1. The van der Waals surface area contributed by atoms with Crippen LogP contribution < -0.4 is 9.57 Å². The number of carbonyl (C=O) groups is 2. The minimum absolute atomic E-state index is 0.237. The van der Waals surface area contributed by atoms with Gasteiger partial charge in [0, 0.05) is 11.8 Å². The lowest BCUT2D eigenvalue weighted by molar-refractivity contribution is -0.138. The van der Waals surface area contributed by atoms with Gasteiger partial charge in [-0.05, 0) is 24.3 Å². The molecule has 18 heavy (non-hydrogen) atoms. The van der Waals surface area contributed by atoms with E-state index in [0.717, 1.165) is 4.73 Å². The molecule has 0 bridgehead atoms. The van der Waals surface area contributed by atoms with Crippen molar-refractivity contribution in [1.29, 1.82) is 0 Å². The quantitative estimate of drug-likeness (QED) is 0.587. The Balaban J connectivity index is 2.08. The lowest BCUT2D eigenvalue weighted by Gasteiger charge is -2.03. The van der Waals surface area contributed by atoms with Crippen molar-refractivity contribution in [3.63, 3.8) is 0 Å². The fraction of sp³-hybridized carbons (Fsp3) is 0.0833. The largest absolute Gasteiger partial charge is 0.497 e. The van der Waals surface area contributed by atoms with Crippen LogP contribution in [0.5, 0.6) is 5.75 Å². The molecule has 0 N–H and O–H groups in total. The van der Waals surface area contributed by atoms with Crippen LogP contribution in [-0.2, 0) is 4.79 Å². The highest BCUT2D eigenvalue weighted by Gasteiger charge is 2.18. The molecule has 0 saturated heterocycles. The van der Waals surface area contributed by atoms with Crippen molar-refractivity contribution in [2.45, 2.75) is 0 Å². The Hall–Kier alpha value is -2.63. The predicted molar refractivity (Wildman–Crippen MR) is 61.1 cm³/mol. The first-order chi connectivity index (χ1) is 8.70. The lowest BCUT2D eigenvalue weighted by Crippen LogP contribution is -2.26. The van der Waals surface area contributed by atoms with Crippen LogP contribution in [0.25, 0.3) is 0 Å². The summed E-state index contributed by atoms with van der Waals surface area (Å²) in [5, 5.41) is 0. The molecule has 92 valence electrons. The second-order valence-corrected chi connectivity index (χ2v) is 3.36. The van der Waals surface area contributed by atoms with Gasteiger partial charge in [0.25, 0.3) is 5.78 Å². The number of methoxy groups -OCH3 is 1. The molecule has 1 aromatic heterocycles. The van der Waals surface area contributed by atoms with Crippen molar-refractivity contribution in [2.24, 2.45) is 0 Å². The van der Waals surface area contributed by atoms with E-state index in [1.165, 1.54) is 38.0 Å². The number of ether oxygens (including phenoxy) is 1. The molecule has 1 heterocycles. The minimum atomic E-state index is -0.974. The van der Waals surface area contributed by atoms with Crippen LogP contribution >= 0.6 is 0 Å². The maximum Gasteiger partial charge on any atom is 0.404 e. The normalized spacial score (nSPS) is 9.83. The number of hydrogen-bond acceptors (Lipinski definition) is 5. The van der Waals surface area contributed by atoms with Gasteiger partial charge >= 0.3 is 5.97 Å². The second kappa shape index (κ2) is 5.13. The summed E-state index contributed by atoms with van der Waals surface area (Å²) >= 11 is 0. The molecule has 0 aliphatic heterocycles. The molecule has 0 amide bonds. The number of rotatable bonds is 4. The summed E-state index contributed by atoms with van der Waals surface area (Å²) < 4.78 is 6.01. The average molecular weight is 246 g/mol. The summed E-state index contributed by atoms with van der Waals surface area (Å²) in [6.07, 6.45) is 4.13. The molecular formula is C12H10N2O4. The molecule has 0 aliphatic rings. The van der Waals surface area contributed by atoms with Gasteiger partial charge in [-0.15, -0.1) is 0 Å². The highest BCUT2D eigenvalue weighted by molar-refractivity contribution is 6.40. The molecule has 0 saturated carbocycles. The highest BCUT2D eigenvalue weighted by atomic mass is 16.7. The number of ketones is 1. The molecular weight excluding hydrogens is 236 g/mol. The van der Waals surface area contributed by atoms with Gasteiger partial charge in [0.05, 0.1) is 13.3 Å². The Kier molecular flexibility index (Phi) is 3.38. The van der Waals surface area contributed by atoms with E-state index >= 15 is 0 Å². The number of carbonyl (C=O) groups excluding carboxylic acids is 2. The van der Waals surface area contributed by atoms with Crippen molar-refractivity contribution >= 4 is 11.8 Å². The Labute approximate surface area is 103 Å². The summed E-state index contributed by atoms with van der Waals surface area (Å²) in [7, 11) is 1.52. The minimum Gasteiger partial charge on any atom is -0.497 e. The van der Waals surface area contributed by atoms with Gasteiger partial charge in [0.1, 0.15) is 12.1 Å². The Morgan fingerprint density at radius 2 is 1.94 bits per heavy atom. The van der Waals surface area contributed by atoms with E-state index in [0.29, 0.717) is 5.75 Å². The van der Waals surface area contributed by atoms with Gasteiger partial charge in [-0.1, -0.05) is 0 Å². The molecule has 0 aliphatic carbocycles. The third kappa shape index (κ3) is 2.54. The van der Waals surface area contributed by atoms with Gasteiger partial charge in [0.15, 0.2) is 0 Å². The first-order valence-corrected chi connectivity index (χ1v) is 5.09. The summed E-state index contributed by atoms with van der Waals surface area (Å²) in [5.41, 5.74) is 0.237. The maximum absolute atomic E-state index is 11.7. The first kappa shape index (κ1) is 11.8. The molecule has 0 unspecified atom stereocenters. The van der Waals surface area contributed by atoms with Gasteiger partial charge in [-0.3, -0.25) is 4.79 Å². The van der Waals surface area contributed by atoms with Gasteiger partial charge in [0.2, 0.25) is 0 Å². The predicted octanol–water partition coefficient (Wildman–Crippen LogP) is 0.730. The van der Waals surface area contributed by atoms with Crippen LogP contribution in [-0.4, -0.2) is 28.6 Å². The number of aromatic nitrogens is 2. The number of Topliss-reactive ketones (excluding diaryl/α,β-unsaturated/α-hetero) is 1. The van der Waals surface area contributed by atoms with Crippen molar-refractivity contribution in [2.75, 3.05) is 7.11 Å². The van der Waals surface area contributed by atoms with Crippen molar-refractivity contribution < 1.29 is 19.2 Å². The topological polar surface area (TPSA) is 70.4 Å². The van der Waals surface area contributed by atoms with E-state index < -0.39 is 11.8 Å². The summed E-state index contributed by atoms with van der Waals surface area (Å²) in [4.78, 5) is 31.7. The third-order valence-corrected chi connectivity index (χ3v) is 2.21. The Bertz CT molecular complexity index is 546. The zero-order valence-corrected chi connectivity index (χ0v) is 9.57. The van der Waals surface area contributed by atoms with E-state index in [9.17, 15) is 9.59 Å². The molecule has 2 aromatic rings. The second-order valence-electron chi connectivity index (χ2n) is 3.36. The smallest absolute Gasteiger partial charge is 0.404 e.